The molecule has 1 aromatic heterocycles. The van der Waals surface area contributed by atoms with Crippen molar-refractivity contribution in [2.75, 3.05) is 11.9 Å². The number of rotatable bonds is 6. The van der Waals surface area contributed by atoms with E-state index in [0.29, 0.717) is 23.0 Å². The Bertz CT molecular complexity index is 443. The molecule has 0 saturated carbocycles. The molecule has 1 amide bonds. The van der Waals surface area contributed by atoms with E-state index in [-0.39, 0.29) is 17.6 Å². The molecule has 0 unspecified atom stereocenters. The highest BCUT2D eigenvalue weighted by atomic mass is 32.1. The predicted molar refractivity (Wildman–Crippen MR) is 70.2 cm³/mol. The van der Waals surface area contributed by atoms with Crippen molar-refractivity contribution < 1.29 is 14.7 Å². The second-order valence-electron chi connectivity index (χ2n) is 4.13. The van der Waals surface area contributed by atoms with Crippen LogP contribution in [0.4, 0.5) is 5.13 Å². The number of nitrogens with one attached hydrogen (secondary N) is 2. The molecule has 3 N–H and O–H groups in total. The first kappa shape index (κ1) is 14.4. The molecule has 7 heteroatoms. The van der Waals surface area contributed by atoms with Crippen LogP contribution in [0.5, 0.6) is 0 Å². The number of hydrogen-bond acceptors (Lipinski definition) is 5. The van der Waals surface area contributed by atoms with Gasteiger partial charge in [-0.1, -0.05) is 0 Å². The predicted octanol–water partition coefficient (Wildman–Crippen LogP) is 1.48. The molecule has 0 spiro atoms. The Morgan fingerprint density at radius 3 is 2.61 bits per heavy atom. The number of anilines is 1. The maximum absolute atomic E-state index is 11.4. The van der Waals surface area contributed by atoms with Crippen LogP contribution >= 0.6 is 11.3 Å². The Morgan fingerprint density at radius 1 is 1.44 bits per heavy atom. The first-order valence-corrected chi connectivity index (χ1v) is 6.45. The number of carbonyl (C=O) groups is 2. The lowest BCUT2D eigenvalue weighted by atomic mass is 10.3. The lowest BCUT2D eigenvalue weighted by molar-refractivity contribution is -0.121. The third kappa shape index (κ3) is 4.33. The van der Waals surface area contributed by atoms with E-state index < -0.39 is 5.97 Å². The highest BCUT2D eigenvalue weighted by Gasteiger charge is 2.13. The first-order chi connectivity index (χ1) is 8.40. The van der Waals surface area contributed by atoms with E-state index in [9.17, 15) is 9.59 Å². The third-order valence-electron chi connectivity index (χ3n) is 2.08. The number of carbonyl (C=O) groups excluding carboxylic acids is 1. The van der Waals surface area contributed by atoms with Crippen molar-refractivity contribution in [1.29, 1.82) is 0 Å². The molecule has 0 aliphatic carbocycles. The lowest BCUT2D eigenvalue weighted by Gasteiger charge is -2.08. The number of amides is 1. The molecule has 6 nitrogen and oxygen atoms in total. The number of carboxylic acid groups (broad SMARTS) is 1. The highest BCUT2D eigenvalue weighted by Crippen LogP contribution is 2.21. The normalized spacial score (nSPS) is 10.4. The number of nitrogens with zero attached hydrogens (tertiary/aromatic N) is 1. The van der Waals surface area contributed by atoms with Crippen LogP contribution in [0.25, 0.3) is 0 Å². The molecule has 0 fully saturated rings. The van der Waals surface area contributed by atoms with Gasteiger partial charge in [0.1, 0.15) is 0 Å². The van der Waals surface area contributed by atoms with E-state index in [1.807, 2.05) is 13.8 Å². The van der Waals surface area contributed by atoms with Gasteiger partial charge < -0.3 is 15.7 Å². The molecule has 0 radical (unpaired) electrons. The van der Waals surface area contributed by atoms with E-state index in [1.54, 1.807) is 6.92 Å². The summed E-state index contributed by atoms with van der Waals surface area (Å²) in [5.74, 6) is -1.07. The van der Waals surface area contributed by atoms with Crippen LogP contribution in [0.2, 0.25) is 0 Å². The number of thiazole rings is 1. The molecule has 0 aliphatic rings. The molecule has 1 rings (SSSR count). The second-order valence-corrected chi connectivity index (χ2v) is 5.33. The van der Waals surface area contributed by atoms with Crippen molar-refractivity contribution in [3.8, 4) is 0 Å². The summed E-state index contributed by atoms with van der Waals surface area (Å²) in [6.45, 7) is 5.94. The SMILES string of the molecule is Cc1sc(NCCC(=O)NC(C)C)nc1C(=O)O. The summed E-state index contributed by atoms with van der Waals surface area (Å²) < 4.78 is 0. The van der Waals surface area contributed by atoms with Gasteiger partial charge in [-0.2, -0.15) is 0 Å². The van der Waals surface area contributed by atoms with Crippen LogP contribution in [0.3, 0.4) is 0 Å². The molecule has 0 saturated heterocycles. The van der Waals surface area contributed by atoms with Crippen molar-refractivity contribution in [2.45, 2.75) is 33.2 Å². The average molecular weight is 271 g/mol. The summed E-state index contributed by atoms with van der Waals surface area (Å²) in [7, 11) is 0. The number of carboxylic acids is 1. The van der Waals surface area contributed by atoms with Gasteiger partial charge in [0.05, 0.1) is 0 Å². The number of aryl methyl sites for hydroxylation is 1. The van der Waals surface area contributed by atoms with E-state index in [0.717, 1.165) is 0 Å². The minimum Gasteiger partial charge on any atom is -0.476 e. The summed E-state index contributed by atoms with van der Waals surface area (Å²) >= 11 is 1.27. The monoisotopic (exact) mass is 271 g/mol. The van der Waals surface area contributed by atoms with Gasteiger partial charge in [-0.25, -0.2) is 9.78 Å². The number of hydrogen-bond donors (Lipinski definition) is 3. The Labute approximate surface area is 109 Å². The molecule has 100 valence electrons. The van der Waals surface area contributed by atoms with E-state index in [1.165, 1.54) is 11.3 Å². The Balaban J connectivity index is 2.42. The third-order valence-corrected chi connectivity index (χ3v) is 3.01. The van der Waals surface area contributed by atoms with Gasteiger partial charge in [0.15, 0.2) is 10.8 Å². The fourth-order valence-corrected chi connectivity index (χ4v) is 2.18. The molecule has 1 heterocycles. The van der Waals surface area contributed by atoms with E-state index in [2.05, 4.69) is 15.6 Å². The first-order valence-electron chi connectivity index (χ1n) is 5.64. The topological polar surface area (TPSA) is 91.3 Å². The minimum absolute atomic E-state index is 0.0377. The Kier molecular flexibility index (Phi) is 5.08. The number of aromatic nitrogens is 1. The smallest absolute Gasteiger partial charge is 0.355 e. The molecule has 18 heavy (non-hydrogen) atoms. The average Bonchev–Trinajstić information content (AvgIpc) is 2.58. The van der Waals surface area contributed by atoms with Gasteiger partial charge in [-0.3, -0.25) is 4.79 Å². The molecule has 0 bridgehead atoms. The van der Waals surface area contributed by atoms with Crippen LogP contribution in [-0.2, 0) is 4.79 Å². The van der Waals surface area contributed by atoms with Gasteiger partial charge in [0.25, 0.3) is 0 Å². The fourth-order valence-electron chi connectivity index (χ4n) is 1.35. The maximum Gasteiger partial charge on any atom is 0.355 e. The minimum atomic E-state index is -1.03. The highest BCUT2D eigenvalue weighted by molar-refractivity contribution is 7.15. The van der Waals surface area contributed by atoms with Gasteiger partial charge in [-0.15, -0.1) is 11.3 Å². The Hall–Kier alpha value is -1.63. The molecule has 0 atom stereocenters. The summed E-state index contributed by atoms with van der Waals surface area (Å²) in [5.41, 5.74) is 0.0640. The maximum atomic E-state index is 11.4. The van der Waals surface area contributed by atoms with Crippen molar-refractivity contribution in [3.05, 3.63) is 10.6 Å². The quantitative estimate of drug-likeness (QED) is 0.729. The summed E-state index contributed by atoms with van der Waals surface area (Å²) in [5, 5.41) is 15.1. The van der Waals surface area contributed by atoms with Crippen LogP contribution < -0.4 is 10.6 Å². The van der Waals surface area contributed by atoms with Gasteiger partial charge >= 0.3 is 5.97 Å². The van der Waals surface area contributed by atoms with Crippen molar-refractivity contribution in [1.82, 2.24) is 10.3 Å². The molecular formula is C11H17N3O3S. The molecule has 0 aliphatic heterocycles. The summed E-state index contributed by atoms with van der Waals surface area (Å²) in [6, 6.07) is 0.123. The fraction of sp³-hybridized carbons (Fsp3) is 0.545. The van der Waals surface area contributed by atoms with Crippen molar-refractivity contribution in [2.24, 2.45) is 0 Å². The van der Waals surface area contributed by atoms with Gasteiger partial charge in [-0.05, 0) is 20.8 Å². The van der Waals surface area contributed by atoms with Crippen LogP contribution in [0, 0.1) is 6.92 Å². The lowest BCUT2D eigenvalue weighted by Crippen LogP contribution is -2.31. The summed E-state index contributed by atoms with van der Waals surface area (Å²) in [4.78, 5) is 26.7. The zero-order valence-corrected chi connectivity index (χ0v) is 11.4. The summed E-state index contributed by atoms with van der Waals surface area (Å²) in [6.07, 6.45) is 0.333. The standard InChI is InChI=1S/C11H17N3O3S/c1-6(2)13-8(15)4-5-12-11-14-9(10(16)17)7(3)18-11/h6H,4-5H2,1-3H3,(H,12,14)(H,13,15)(H,16,17). The van der Waals surface area contributed by atoms with E-state index in [4.69, 9.17) is 5.11 Å². The van der Waals surface area contributed by atoms with Crippen LogP contribution in [0.15, 0.2) is 0 Å². The zero-order chi connectivity index (χ0) is 13.7. The molecule has 0 aromatic carbocycles. The van der Waals surface area contributed by atoms with Gasteiger partial charge in [0.2, 0.25) is 5.91 Å². The van der Waals surface area contributed by atoms with Crippen LogP contribution in [-0.4, -0.2) is 34.6 Å². The van der Waals surface area contributed by atoms with Crippen molar-refractivity contribution >= 4 is 28.3 Å². The molecular weight excluding hydrogens is 254 g/mol. The van der Waals surface area contributed by atoms with Gasteiger partial charge in [0, 0.05) is 23.9 Å². The molecule has 1 aromatic rings. The van der Waals surface area contributed by atoms with E-state index >= 15 is 0 Å². The zero-order valence-electron chi connectivity index (χ0n) is 10.6. The van der Waals surface area contributed by atoms with Crippen molar-refractivity contribution in [3.63, 3.8) is 0 Å². The van der Waals surface area contributed by atoms with Crippen LogP contribution in [0.1, 0.15) is 35.6 Å². The number of aromatic carboxylic acids is 1. The second kappa shape index (κ2) is 6.34. The largest absolute Gasteiger partial charge is 0.476 e. The Morgan fingerprint density at radius 2 is 2.11 bits per heavy atom.